The number of hydrogen-bond donors (Lipinski definition) is 1. The Balaban J connectivity index is 2.21. The molecular weight excluding hydrogens is 281 g/mol. The highest BCUT2D eigenvalue weighted by atomic mass is 35.5. The highest BCUT2D eigenvalue weighted by molar-refractivity contribution is 6.31. The summed E-state index contributed by atoms with van der Waals surface area (Å²) < 4.78 is 18.2. The third-order valence-electron chi connectivity index (χ3n) is 2.85. The van der Waals surface area contributed by atoms with Crippen LogP contribution in [0.4, 0.5) is 10.1 Å². The van der Waals surface area contributed by atoms with Gasteiger partial charge in [-0.2, -0.15) is 0 Å². The lowest BCUT2D eigenvalue weighted by Crippen LogP contribution is -2.12. The Morgan fingerprint density at radius 2 is 2.00 bits per heavy atom. The van der Waals surface area contributed by atoms with Gasteiger partial charge in [-0.05, 0) is 42.8 Å². The monoisotopic (exact) mass is 293 g/mol. The molecule has 5 heteroatoms. The van der Waals surface area contributed by atoms with E-state index in [0.29, 0.717) is 17.0 Å². The van der Waals surface area contributed by atoms with Crippen LogP contribution in [0.15, 0.2) is 36.4 Å². The largest absolute Gasteiger partial charge is 0.496 e. The quantitative estimate of drug-likeness (QED) is 0.927. The second kappa shape index (κ2) is 5.92. The number of anilines is 1. The second-order valence-electron chi connectivity index (χ2n) is 4.27. The zero-order valence-electron chi connectivity index (χ0n) is 11.0. The number of methoxy groups -OCH3 is 1. The Morgan fingerprint density at radius 1 is 1.25 bits per heavy atom. The first-order valence-electron chi connectivity index (χ1n) is 5.92. The summed E-state index contributed by atoms with van der Waals surface area (Å²) in [5.74, 6) is -0.206. The minimum atomic E-state index is -0.526. The van der Waals surface area contributed by atoms with Gasteiger partial charge >= 0.3 is 0 Å². The van der Waals surface area contributed by atoms with Crippen molar-refractivity contribution < 1.29 is 13.9 Å². The molecule has 0 saturated heterocycles. The molecule has 0 saturated carbocycles. The summed E-state index contributed by atoms with van der Waals surface area (Å²) in [7, 11) is 1.55. The van der Waals surface area contributed by atoms with Gasteiger partial charge in [0, 0.05) is 11.3 Å². The average molecular weight is 294 g/mol. The van der Waals surface area contributed by atoms with Crippen LogP contribution in [0.3, 0.4) is 0 Å². The normalized spacial score (nSPS) is 10.2. The molecule has 0 aliphatic heterocycles. The van der Waals surface area contributed by atoms with Crippen LogP contribution in [0.5, 0.6) is 5.75 Å². The fourth-order valence-corrected chi connectivity index (χ4v) is 1.92. The van der Waals surface area contributed by atoms with Crippen molar-refractivity contribution in [1.82, 2.24) is 0 Å². The van der Waals surface area contributed by atoms with E-state index in [-0.39, 0.29) is 10.9 Å². The predicted molar refractivity (Wildman–Crippen MR) is 77.1 cm³/mol. The van der Waals surface area contributed by atoms with Crippen LogP contribution in [-0.4, -0.2) is 13.0 Å². The van der Waals surface area contributed by atoms with E-state index >= 15 is 0 Å². The molecule has 2 aromatic carbocycles. The van der Waals surface area contributed by atoms with E-state index < -0.39 is 5.82 Å². The van der Waals surface area contributed by atoms with Crippen LogP contribution in [0.25, 0.3) is 0 Å². The molecule has 0 aliphatic rings. The summed E-state index contributed by atoms with van der Waals surface area (Å²) in [6, 6.07) is 9.15. The molecule has 3 nitrogen and oxygen atoms in total. The summed E-state index contributed by atoms with van der Waals surface area (Å²) in [5.41, 5.74) is 1.82. The van der Waals surface area contributed by atoms with E-state index in [1.165, 1.54) is 18.2 Å². The molecule has 20 heavy (non-hydrogen) atoms. The maximum absolute atomic E-state index is 13.0. The van der Waals surface area contributed by atoms with Gasteiger partial charge < -0.3 is 10.1 Å². The van der Waals surface area contributed by atoms with Gasteiger partial charge in [0.1, 0.15) is 11.6 Å². The minimum absolute atomic E-state index is 0.0377. The van der Waals surface area contributed by atoms with Crippen molar-refractivity contribution in [3.05, 3.63) is 58.4 Å². The minimum Gasteiger partial charge on any atom is -0.496 e. The number of ether oxygens (including phenoxy) is 1. The number of rotatable bonds is 3. The lowest BCUT2D eigenvalue weighted by atomic mass is 10.1. The van der Waals surface area contributed by atoms with Gasteiger partial charge in [-0.1, -0.05) is 17.7 Å². The maximum atomic E-state index is 13.0. The lowest BCUT2D eigenvalue weighted by Gasteiger charge is -2.09. The predicted octanol–water partition coefficient (Wildman–Crippen LogP) is 4.05. The fraction of sp³-hybridized carbons (Fsp3) is 0.133. The van der Waals surface area contributed by atoms with E-state index in [4.69, 9.17) is 16.3 Å². The van der Waals surface area contributed by atoms with Crippen LogP contribution in [-0.2, 0) is 0 Å². The van der Waals surface area contributed by atoms with Crippen LogP contribution in [0.2, 0.25) is 5.02 Å². The maximum Gasteiger partial charge on any atom is 0.255 e. The van der Waals surface area contributed by atoms with Gasteiger partial charge in [0.05, 0.1) is 12.1 Å². The number of hydrogen-bond acceptors (Lipinski definition) is 2. The number of aryl methyl sites for hydroxylation is 1. The first-order valence-corrected chi connectivity index (χ1v) is 6.30. The van der Waals surface area contributed by atoms with Crippen molar-refractivity contribution in [1.29, 1.82) is 0 Å². The molecule has 0 spiro atoms. The molecule has 0 aromatic heterocycles. The number of halogens is 2. The van der Waals surface area contributed by atoms with Gasteiger partial charge in [0.15, 0.2) is 0 Å². The lowest BCUT2D eigenvalue weighted by molar-refractivity contribution is 0.102. The van der Waals surface area contributed by atoms with E-state index in [9.17, 15) is 9.18 Å². The Labute approximate surface area is 121 Å². The van der Waals surface area contributed by atoms with E-state index in [0.717, 1.165) is 5.56 Å². The van der Waals surface area contributed by atoms with Crippen molar-refractivity contribution >= 4 is 23.2 Å². The molecule has 0 unspecified atom stereocenters. The Morgan fingerprint density at radius 3 is 2.65 bits per heavy atom. The number of benzene rings is 2. The highest BCUT2D eigenvalue weighted by Gasteiger charge is 2.10. The molecule has 1 amide bonds. The molecule has 1 N–H and O–H groups in total. The van der Waals surface area contributed by atoms with E-state index in [1.807, 2.05) is 6.92 Å². The molecule has 0 bridgehead atoms. The van der Waals surface area contributed by atoms with E-state index in [2.05, 4.69) is 5.32 Å². The van der Waals surface area contributed by atoms with Gasteiger partial charge in [-0.3, -0.25) is 4.79 Å². The first-order chi connectivity index (χ1) is 9.51. The molecule has 0 atom stereocenters. The summed E-state index contributed by atoms with van der Waals surface area (Å²) >= 11 is 5.67. The Bertz CT molecular complexity index is 658. The van der Waals surface area contributed by atoms with Crippen molar-refractivity contribution in [3.63, 3.8) is 0 Å². The zero-order chi connectivity index (χ0) is 14.7. The number of amides is 1. The summed E-state index contributed by atoms with van der Waals surface area (Å²) in [6.45, 7) is 1.89. The van der Waals surface area contributed by atoms with E-state index in [1.54, 1.807) is 25.3 Å². The topological polar surface area (TPSA) is 38.3 Å². The molecule has 0 radical (unpaired) electrons. The van der Waals surface area contributed by atoms with Crippen LogP contribution in [0.1, 0.15) is 15.9 Å². The molecule has 0 heterocycles. The molecule has 2 rings (SSSR count). The summed E-state index contributed by atoms with van der Waals surface area (Å²) in [6.07, 6.45) is 0. The molecule has 0 aliphatic carbocycles. The third-order valence-corrected chi connectivity index (χ3v) is 3.14. The average Bonchev–Trinajstić information content (AvgIpc) is 2.43. The highest BCUT2D eigenvalue weighted by Crippen LogP contribution is 2.22. The summed E-state index contributed by atoms with van der Waals surface area (Å²) in [5, 5.41) is 2.61. The molecule has 0 fully saturated rings. The van der Waals surface area contributed by atoms with Crippen molar-refractivity contribution in [3.8, 4) is 5.75 Å². The van der Waals surface area contributed by atoms with Crippen LogP contribution < -0.4 is 10.1 Å². The number of nitrogens with one attached hydrogen (secondary N) is 1. The smallest absolute Gasteiger partial charge is 0.255 e. The molecule has 104 valence electrons. The van der Waals surface area contributed by atoms with Crippen LogP contribution >= 0.6 is 11.6 Å². The molecular formula is C15H13ClFNO2. The zero-order valence-corrected chi connectivity index (χ0v) is 11.8. The van der Waals surface area contributed by atoms with Gasteiger partial charge in [-0.15, -0.1) is 0 Å². The van der Waals surface area contributed by atoms with Gasteiger partial charge in [0.2, 0.25) is 0 Å². The standard InChI is InChI=1S/C15H13ClFNO2/c1-9-3-4-10(7-14(9)20-2)15(19)18-11-5-6-13(17)12(16)8-11/h3-8H,1-2H3,(H,18,19). The van der Waals surface area contributed by atoms with Gasteiger partial charge in [0.25, 0.3) is 5.91 Å². The van der Waals surface area contributed by atoms with Gasteiger partial charge in [-0.25, -0.2) is 4.39 Å². The third kappa shape index (κ3) is 3.08. The second-order valence-corrected chi connectivity index (χ2v) is 4.67. The van der Waals surface area contributed by atoms with Crippen molar-refractivity contribution in [2.24, 2.45) is 0 Å². The first kappa shape index (κ1) is 14.3. The number of carbonyl (C=O) groups excluding carboxylic acids is 1. The van der Waals surface area contributed by atoms with Crippen molar-refractivity contribution in [2.45, 2.75) is 6.92 Å². The Kier molecular flexibility index (Phi) is 4.25. The molecule has 2 aromatic rings. The fourth-order valence-electron chi connectivity index (χ4n) is 1.74. The SMILES string of the molecule is COc1cc(C(=O)Nc2ccc(F)c(Cl)c2)ccc1C. The number of carbonyl (C=O) groups is 1. The Hall–Kier alpha value is -2.07. The summed E-state index contributed by atoms with van der Waals surface area (Å²) in [4.78, 5) is 12.1. The van der Waals surface area contributed by atoms with Crippen LogP contribution in [0, 0.1) is 12.7 Å². The van der Waals surface area contributed by atoms with Crippen molar-refractivity contribution in [2.75, 3.05) is 12.4 Å².